The monoisotopic (exact) mass is 394 g/mol. The van der Waals surface area contributed by atoms with Crippen LogP contribution in [0.25, 0.3) is 0 Å². The molecular weight excluding hydrogens is 372 g/mol. The number of aliphatic hydroxyl groups is 1. The van der Waals surface area contributed by atoms with Crippen LogP contribution in [0.5, 0.6) is 5.75 Å². The molecule has 2 rings (SSSR count). The van der Waals surface area contributed by atoms with Crippen molar-refractivity contribution in [1.29, 1.82) is 0 Å². The van der Waals surface area contributed by atoms with Crippen LogP contribution in [-0.2, 0) is 16.4 Å². The fraction of sp³-hybridized carbons (Fsp3) is 0.278. The van der Waals surface area contributed by atoms with Gasteiger partial charge in [-0.25, -0.2) is 17.9 Å². The van der Waals surface area contributed by atoms with Crippen molar-refractivity contribution < 1.29 is 28.2 Å². The lowest BCUT2D eigenvalue weighted by atomic mass is 10.1. The molecule has 27 heavy (non-hydrogen) atoms. The van der Waals surface area contributed by atoms with E-state index < -0.39 is 16.0 Å². The highest BCUT2D eigenvalue weighted by Crippen LogP contribution is 2.23. The van der Waals surface area contributed by atoms with Crippen molar-refractivity contribution in [3.8, 4) is 5.75 Å². The number of aliphatic hydroxyl groups excluding tert-OH is 1. The van der Waals surface area contributed by atoms with E-state index in [9.17, 15) is 13.2 Å². The van der Waals surface area contributed by atoms with Crippen LogP contribution in [0.15, 0.2) is 47.4 Å². The van der Waals surface area contributed by atoms with Crippen LogP contribution >= 0.6 is 0 Å². The number of rotatable bonds is 10. The summed E-state index contributed by atoms with van der Waals surface area (Å²) in [7, 11) is -2.38. The van der Waals surface area contributed by atoms with E-state index >= 15 is 0 Å². The zero-order valence-electron chi connectivity index (χ0n) is 14.8. The Morgan fingerprint density at radius 1 is 1.11 bits per heavy atom. The molecule has 4 N–H and O–H groups in total. The topological polar surface area (TPSA) is 125 Å². The first-order valence-electron chi connectivity index (χ1n) is 8.22. The van der Waals surface area contributed by atoms with E-state index in [-0.39, 0.29) is 35.8 Å². The number of ether oxygens (including phenoxy) is 1. The lowest BCUT2D eigenvalue weighted by Crippen LogP contribution is -2.27. The summed E-state index contributed by atoms with van der Waals surface area (Å²) in [5.74, 6) is -0.511. The lowest BCUT2D eigenvalue weighted by Gasteiger charge is -2.14. The van der Waals surface area contributed by atoms with Gasteiger partial charge in [0.25, 0.3) is 0 Å². The molecule has 0 amide bonds. The Kier molecular flexibility index (Phi) is 7.17. The molecule has 0 aliphatic rings. The summed E-state index contributed by atoms with van der Waals surface area (Å²) in [5, 5.41) is 20.8. The maximum atomic E-state index is 12.7. The molecule has 2 aromatic rings. The highest BCUT2D eigenvalue weighted by Gasteiger charge is 2.20. The number of carbonyl (C=O) groups is 1. The summed E-state index contributed by atoms with van der Waals surface area (Å²) in [4.78, 5) is 11.0. The number of sulfonamides is 1. The number of aromatic carboxylic acids is 1. The molecule has 0 aromatic heterocycles. The summed E-state index contributed by atoms with van der Waals surface area (Å²) >= 11 is 0. The lowest BCUT2D eigenvalue weighted by molar-refractivity contribution is 0.0696. The molecule has 0 bridgehead atoms. The van der Waals surface area contributed by atoms with E-state index in [0.29, 0.717) is 12.2 Å². The Morgan fingerprint density at radius 2 is 1.81 bits per heavy atom. The first kappa shape index (κ1) is 20.7. The van der Waals surface area contributed by atoms with Gasteiger partial charge in [-0.2, -0.15) is 0 Å². The Bertz CT molecular complexity index is 881. The van der Waals surface area contributed by atoms with Crippen molar-refractivity contribution in [3.63, 3.8) is 0 Å². The average Bonchev–Trinajstić information content (AvgIpc) is 2.66. The number of methoxy groups -OCH3 is 1. The maximum absolute atomic E-state index is 12.7. The number of carboxylic acid groups (broad SMARTS) is 1. The van der Waals surface area contributed by atoms with Gasteiger partial charge in [0.05, 0.1) is 25.0 Å². The Morgan fingerprint density at radius 3 is 2.41 bits per heavy atom. The van der Waals surface area contributed by atoms with Crippen molar-refractivity contribution in [1.82, 2.24) is 4.72 Å². The molecule has 8 nitrogen and oxygen atoms in total. The van der Waals surface area contributed by atoms with Gasteiger partial charge in [0.2, 0.25) is 10.0 Å². The molecule has 0 spiro atoms. The summed E-state index contributed by atoms with van der Waals surface area (Å²) in [6.45, 7) is 0.0945. The van der Waals surface area contributed by atoms with Gasteiger partial charge in [-0.3, -0.25) is 0 Å². The van der Waals surface area contributed by atoms with Gasteiger partial charge >= 0.3 is 5.97 Å². The predicted molar refractivity (Wildman–Crippen MR) is 101 cm³/mol. The average molecular weight is 394 g/mol. The van der Waals surface area contributed by atoms with Crippen LogP contribution in [-0.4, -0.2) is 51.4 Å². The summed E-state index contributed by atoms with van der Waals surface area (Å²) in [6.07, 6.45) is 0.460. The predicted octanol–water partition coefficient (Wildman–Crippen LogP) is 1.32. The minimum Gasteiger partial charge on any atom is -0.497 e. The summed E-state index contributed by atoms with van der Waals surface area (Å²) in [5.41, 5.74) is 1.02. The standard InChI is InChI=1S/C18H22N2O6S/c1-26-15-5-2-13(3-6-15)8-9-20-27(24,25)17-12-14(18(22)23)4-7-16(17)19-10-11-21/h2-7,12,19-21H,8-11H2,1H3,(H,22,23). The van der Waals surface area contributed by atoms with E-state index in [1.807, 2.05) is 12.1 Å². The van der Waals surface area contributed by atoms with Crippen molar-refractivity contribution in [2.45, 2.75) is 11.3 Å². The van der Waals surface area contributed by atoms with Crippen LogP contribution in [0, 0.1) is 0 Å². The molecule has 146 valence electrons. The Hall–Kier alpha value is -2.62. The van der Waals surface area contributed by atoms with Gasteiger partial charge < -0.3 is 20.3 Å². The fourth-order valence-corrected chi connectivity index (χ4v) is 3.65. The van der Waals surface area contributed by atoms with Crippen LogP contribution in [0.1, 0.15) is 15.9 Å². The minimum absolute atomic E-state index is 0.139. The third-order valence-electron chi connectivity index (χ3n) is 3.81. The Balaban J connectivity index is 2.15. The van der Waals surface area contributed by atoms with Gasteiger partial charge in [-0.05, 0) is 42.3 Å². The van der Waals surface area contributed by atoms with Crippen molar-refractivity contribution in [2.75, 3.05) is 32.1 Å². The van der Waals surface area contributed by atoms with Gasteiger partial charge in [0.15, 0.2) is 0 Å². The van der Waals surface area contributed by atoms with Gasteiger partial charge in [0, 0.05) is 13.1 Å². The first-order chi connectivity index (χ1) is 12.9. The third kappa shape index (κ3) is 5.68. The highest BCUT2D eigenvalue weighted by atomic mass is 32.2. The van der Waals surface area contributed by atoms with Crippen LogP contribution in [0.2, 0.25) is 0 Å². The smallest absolute Gasteiger partial charge is 0.335 e. The second kappa shape index (κ2) is 9.36. The quantitative estimate of drug-likeness (QED) is 0.479. The summed E-state index contributed by atoms with van der Waals surface area (Å²) in [6, 6.07) is 11.0. The number of anilines is 1. The third-order valence-corrected chi connectivity index (χ3v) is 5.31. The summed E-state index contributed by atoms with van der Waals surface area (Å²) < 4.78 is 32.9. The first-order valence-corrected chi connectivity index (χ1v) is 9.70. The normalized spacial score (nSPS) is 11.2. The van der Waals surface area contributed by atoms with Gasteiger partial charge in [-0.1, -0.05) is 12.1 Å². The van der Waals surface area contributed by atoms with Crippen molar-refractivity contribution in [3.05, 3.63) is 53.6 Å². The maximum Gasteiger partial charge on any atom is 0.335 e. The van der Waals surface area contributed by atoms with Crippen molar-refractivity contribution in [2.24, 2.45) is 0 Å². The van der Waals surface area contributed by atoms with E-state index in [1.165, 1.54) is 12.1 Å². The van der Waals surface area contributed by atoms with E-state index in [0.717, 1.165) is 11.6 Å². The second-order valence-electron chi connectivity index (χ2n) is 5.66. The molecule has 9 heteroatoms. The number of benzene rings is 2. The van der Waals surface area contributed by atoms with E-state index in [2.05, 4.69) is 10.0 Å². The number of nitrogens with one attached hydrogen (secondary N) is 2. The molecule has 0 unspecified atom stereocenters. The van der Waals surface area contributed by atoms with Crippen LogP contribution in [0.4, 0.5) is 5.69 Å². The van der Waals surface area contributed by atoms with Gasteiger partial charge in [0.1, 0.15) is 10.6 Å². The molecule has 2 aromatic carbocycles. The Labute approximate surface area is 157 Å². The largest absolute Gasteiger partial charge is 0.497 e. The minimum atomic E-state index is -3.94. The number of carboxylic acids is 1. The molecular formula is C18H22N2O6S. The fourth-order valence-electron chi connectivity index (χ4n) is 2.41. The molecule has 0 heterocycles. The molecule has 0 atom stereocenters. The zero-order chi connectivity index (χ0) is 19.9. The zero-order valence-corrected chi connectivity index (χ0v) is 15.6. The highest BCUT2D eigenvalue weighted by molar-refractivity contribution is 7.89. The van der Waals surface area contributed by atoms with Crippen molar-refractivity contribution >= 4 is 21.7 Å². The molecule has 0 aliphatic heterocycles. The van der Waals surface area contributed by atoms with Crippen LogP contribution in [0.3, 0.4) is 0 Å². The molecule has 0 aliphatic carbocycles. The molecule has 0 radical (unpaired) electrons. The molecule has 0 saturated carbocycles. The molecule has 0 fully saturated rings. The van der Waals surface area contributed by atoms with E-state index in [4.69, 9.17) is 14.9 Å². The van der Waals surface area contributed by atoms with Gasteiger partial charge in [-0.15, -0.1) is 0 Å². The SMILES string of the molecule is COc1ccc(CCNS(=O)(=O)c2cc(C(=O)O)ccc2NCCO)cc1. The number of hydrogen-bond donors (Lipinski definition) is 4. The molecule has 0 saturated heterocycles. The second-order valence-corrected chi connectivity index (χ2v) is 7.40. The number of hydrogen-bond acceptors (Lipinski definition) is 6. The van der Waals surface area contributed by atoms with E-state index in [1.54, 1.807) is 19.2 Å². The van der Waals surface area contributed by atoms with Crippen LogP contribution < -0.4 is 14.8 Å².